The molecule has 0 aromatic heterocycles. The summed E-state index contributed by atoms with van der Waals surface area (Å²) >= 11 is 0. The summed E-state index contributed by atoms with van der Waals surface area (Å²) in [6.07, 6.45) is 0.580. The van der Waals surface area contributed by atoms with Crippen molar-refractivity contribution in [2.75, 3.05) is 13.1 Å². The number of hydrogen-bond acceptors (Lipinski definition) is 5. The van der Waals surface area contributed by atoms with E-state index >= 15 is 0 Å². The Balaban J connectivity index is 0.00000196. The predicted molar refractivity (Wildman–Crippen MR) is 94.4 cm³/mol. The maximum absolute atomic E-state index is 12.6. The van der Waals surface area contributed by atoms with Crippen LogP contribution in [0.1, 0.15) is 34.3 Å². The van der Waals surface area contributed by atoms with Crippen molar-refractivity contribution < 1.29 is 19.5 Å². The number of β-amino-alcohol motifs (C(OH)–C–C–N with tert-alkyl or cyclic N) is 1. The lowest BCUT2D eigenvalue weighted by Crippen LogP contribution is -2.58. The van der Waals surface area contributed by atoms with E-state index in [1.807, 2.05) is 6.07 Å². The van der Waals surface area contributed by atoms with Crippen LogP contribution in [0.25, 0.3) is 0 Å². The van der Waals surface area contributed by atoms with Gasteiger partial charge in [0.15, 0.2) is 0 Å². The Morgan fingerprint density at radius 2 is 2.00 bits per heavy atom. The predicted octanol–water partition coefficient (Wildman–Crippen LogP) is -0.445. The standard InChI is InChI=1S/C18H17N3O4.ClH/c22-15-4-3-14(16(23)20-15)21-8-12-7-11(1-2-13(12)17(21)24)5-6-18(25)9-19-10-18;/h1-2,7,14,19,25H,3-4,8-10H2,(H,20,22,23);1H. The zero-order valence-corrected chi connectivity index (χ0v) is 14.7. The molecule has 3 N–H and O–H groups in total. The molecule has 8 heteroatoms. The zero-order chi connectivity index (χ0) is 17.6. The molecule has 1 unspecified atom stereocenters. The SMILES string of the molecule is Cl.O=C1CCC(N2Cc3cc(C#CC4(O)CNC4)ccc3C2=O)C(=O)N1. The summed E-state index contributed by atoms with van der Waals surface area (Å²) < 4.78 is 0. The molecular weight excluding hydrogens is 358 g/mol. The van der Waals surface area contributed by atoms with E-state index in [4.69, 9.17) is 0 Å². The van der Waals surface area contributed by atoms with Gasteiger partial charge in [0, 0.05) is 37.2 Å². The summed E-state index contributed by atoms with van der Waals surface area (Å²) in [5, 5.41) is 15.3. The average molecular weight is 376 g/mol. The van der Waals surface area contributed by atoms with E-state index in [0.717, 1.165) is 11.1 Å². The molecule has 1 aromatic rings. The average Bonchev–Trinajstić information content (AvgIpc) is 2.87. The fourth-order valence-electron chi connectivity index (χ4n) is 3.29. The van der Waals surface area contributed by atoms with E-state index in [1.54, 1.807) is 12.1 Å². The first-order valence-electron chi connectivity index (χ1n) is 8.19. The van der Waals surface area contributed by atoms with Crippen LogP contribution < -0.4 is 10.6 Å². The Morgan fingerprint density at radius 3 is 2.65 bits per heavy atom. The van der Waals surface area contributed by atoms with E-state index in [0.29, 0.717) is 31.6 Å². The van der Waals surface area contributed by atoms with Crippen LogP contribution in [-0.2, 0) is 16.1 Å². The highest BCUT2D eigenvalue weighted by atomic mass is 35.5. The van der Waals surface area contributed by atoms with Crippen molar-refractivity contribution in [1.29, 1.82) is 0 Å². The van der Waals surface area contributed by atoms with Gasteiger partial charge in [0.2, 0.25) is 11.8 Å². The van der Waals surface area contributed by atoms with Gasteiger partial charge in [-0.05, 0) is 30.2 Å². The molecule has 0 spiro atoms. The summed E-state index contributed by atoms with van der Waals surface area (Å²) in [7, 11) is 0. The second-order valence-corrected chi connectivity index (χ2v) is 6.66. The maximum atomic E-state index is 12.6. The number of nitrogens with zero attached hydrogens (tertiary/aromatic N) is 1. The van der Waals surface area contributed by atoms with E-state index in [9.17, 15) is 19.5 Å². The molecule has 3 aliphatic heterocycles. The highest BCUT2D eigenvalue weighted by molar-refractivity contribution is 6.05. The molecule has 3 amide bonds. The van der Waals surface area contributed by atoms with Crippen molar-refractivity contribution in [2.45, 2.75) is 31.0 Å². The molecule has 2 fully saturated rings. The molecule has 0 bridgehead atoms. The van der Waals surface area contributed by atoms with Crippen LogP contribution in [-0.4, -0.2) is 52.5 Å². The number of rotatable bonds is 1. The summed E-state index contributed by atoms with van der Waals surface area (Å²) in [5.41, 5.74) is 1.10. The highest BCUT2D eigenvalue weighted by Gasteiger charge is 2.39. The number of amides is 3. The Bertz CT molecular complexity index is 854. The minimum Gasteiger partial charge on any atom is -0.375 e. The fraction of sp³-hybridized carbons (Fsp3) is 0.389. The van der Waals surface area contributed by atoms with Gasteiger partial charge in [-0.15, -0.1) is 12.4 Å². The van der Waals surface area contributed by atoms with Crippen molar-refractivity contribution in [1.82, 2.24) is 15.5 Å². The number of imide groups is 1. The monoisotopic (exact) mass is 375 g/mol. The van der Waals surface area contributed by atoms with Gasteiger partial charge in [0.05, 0.1) is 0 Å². The molecule has 2 saturated heterocycles. The second-order valence-electron chi connectivity index (χ2n) is 6.66. The molecule has 0 saturated carbocycles. The number of carbonyl (C=O) groups is 3. The zero-order valence-electron chi connectivity index (χ0n) is 13.9. The van der Waals surface area contributed by atoms with Crippen LogP contribution >= 0.6 is 12.4 Å². The number of hydrogen-bond donors (Lipinski definition) is 3. The molecule has 4 rings (SSSR count). The van der Waals surface area contributed by atoms with Gasteiger partial charge in [0.25, 0.3) is 5.91 Å². The van der Waals surface area contributed by atoms with Crippen molar-refractivity contribution >= 4 is 30.1 Å². The van der Waals surface area contributed by atoms with Crippen molar-refractivity contribution in [2.24, 2.45) is 0 Å². The summed E-state index contributed by atoms with van der Waals surface area (Å²) in [6.45, 7) is 1.22. The quantitative estimate of drug-likeness (QED) is 0.456. The number of aliphatic hydroxyl groups is 1. The van der Waals surface area contributed by atoms with Crippen LogP contribution in [0.3, 0.4) is 0 Å². The Hall–Kier alpha value is -2.40. The molecule has 0 radical (unpaired) electrons. The lowest BCUT2D eigenvalue weighted by Gasteiger charge is -2.32. The van der Waals surface area contributed by atoms with Crippen LogP contribution in [0.2, 0.25) is 0 Å². The van der Waals surface area contributed by atoms with Crippen LogP contribution in [0.5, 0.6) is 0 Å². The first-order valence-corrected chi connectivity index (χ1v) is 8.19. The minimum atomic E-state index is -0.979. The normalized spacial score (nSPS) is 23.2. The van der Waals surface area contributed by atoms with Crippen LogP contribution in [0.4, 0.5) is 0 Å². The molecule has 1 aromatic carbocycles. The summed E-state index contributed by atoms with van der Waals surface area (Å²) in [4.78, 5) is 37.4. The van der Waals surface area contributed by atoms with Crippen molar-refractivity contribution in [3.8, 4) is 11.8 Å². The maximum Gasteiger partial charge on any atom is 0.255 e. The van der Waals surface area contributed by atoms with Gasteiger partial charge in [-0.3, -0.25) is 19.7 Å². The third-order valence-corrected chi connectivity index (χ3v) is 4.80. The smallest absolute Gasteiger partial charge is 0.255 e. The van der Waals surface area contributed by atoms with Crippen LogP contribution in [0.15, 0.2) is 18.2 Å². The first-order chi connectivity index (χ1) is 12.0. The molecule has 0 aliphatic carbocycles. The lowest BCUT2D eigenvalue weighted by atomic mass is 9.97. The number of fused-ring (bicyclic) bond motifs is 1. The van der Waals surface area contributed by atoms with Gasteiger partial charge in [-0.1, -0.05) is 11.8 Å². The van der Waals surface area contributed by atoms with Crippen molar-refractivity contribution in [3.63, 3.8) is 0 Å². The Labute approximate surface area is 156 Å². The van der Waals surface area contributed by atoms with Gasteiger partial charge >= 0.3 is 0 Å². The van der Waals surface area contributed by atoms with Gasteiger partial charge < -0.3 is 15.3 Å². The third kappa shape index (κ3) is 3.19. The fourth-order valence-corrected chi connectivity index (χ4v) is 3.29. The number of piperidine rings is 1. The summed E-state index contributed by atoms with van der Waals surface area (Å²) in [5.74, 6) is 4.87. The third-order valence-electron chi connectivity index (χ3n) is 4.80. The van der Waals surface area contributed by atoms with Gasteiger partial charge in [-0.25, -0.2) is 0 Å². The minimum absolute atomic E-state index is 0. The van der Waals surface area contributed by atoms with Crippen molar-refractivity contribution in [3.05, 3.63) is 34.9 Å². The number of nitrogens with one attached hydrogen (secondary N) is 2. The molecule has 3 heterocycles. The highest BCUT2D eigenvalue weighted by Crippen LogP contribution is 2.28. The molecule has 1 atom stereocenters. The second kappa shape index (κ2) is 6.72. The van der Waals surface area contributed by atoms with Gasteiger partial charge in [-0.2, -0.15) is 0 Å². The first kappa shape index (κ1) is 18.4. The molecule has 3 aliphatic rings. The van der Waals surface area contributed by atoms with Gasteiger partial charge in [0.1, 0.15) is 11.6 Å². The van der Waals surface area contributed by atoms with E-state index in [-0.39, 0.29) is 30.6 Å². The molecule has 136 valence electrons. The lowest BCUT2D eigenvalue weighted by molar-refractivity contribution is -0.136. The Kier molecular flexibility index (Phi) is 4.76. The topological polar surface area (TPSA) is 98.7 Å². The van der Waals surface area contributed by atoms with Crippen LogP contribution in [0, 0.1) is 11.8 Å². The van der Waals surface area contributed by atoms with E-state index < -0.39 is 17.6 Å². The van der Waals surface area contributed by atoms with E-state index in [2.05, 4.69) is 22.5 Å². The summed E-state index contributed by atoms with van der Waals surface area (Å²) in [6, 6.07) is 4.65. The molecule has 26 heavy (non-hydrogen) atoms. The molecular formula is C18H18ClN3O4. The number of carbonyl (C=O) groups excluding carboxylic acids is 3. The number of halogens is 1. The molecule has 7 nitrogen and oxygen atoms in total. The van der Waals surface area contributed by atoms with E-state index in [1.165, 1.54) is 4.90 Å². The number of benzene rings is 1. The Morgan fingerprint density at radius 1 is 1.23 bits per heavy atom. The largest absolute Gasteiger partial charge is 0.375 e.